The molecule has 0 saturated carbocycles. The van der Waals surface area contributed by atoms with Crippen molar-refractivity contribution in [1.29, 1.82) is 0 Å². The molecule has 0 bridgehead atoms. The number of carbonyl (C=O) groups is 2. The van der Waals surface area contributed by atoms with E-state index in [2.05, 4.69) is 23.6 Å². The van der Waals surface area contributed by atoms with E-state index >= 15 is 0 Å². The van der Waals surface area contributed by atoms with Crippen LogP contribution in [0.5, 0.6) is 5.75 Å². The highest BCUT2D eigenvalue weighted by Gasteiger charge is 2.32. The molecular weight excluding hydrogens is 416 g/mol. The summed E-state index contributed by atoms with van der Waals surface area (Å²) in [4.78, 5) is 25.1. The summed E-state index contributed by atoms with van der Waals surface area (Å²) in [6.07, 6.45) is 0. The van der Waals surface area contributed by atoms with Crippen molar-refractivity contribution >= 4 is 12.0 Å². The van der Waals surface area contributed by atoms with Gasteiger partial charge in [0.25, 0.3) is 0 Å². The Balaban J connectivity index is 1.48. The summed E-state index contributed by atoms with van der Waals surface area (Å²) < 4.78 is 11.5. The lowest BCUT2D eigenvalue weighted by Crippen LogP contribution is -2.45. The first-order valence-electron chi connectivity index (χ1n) is 10.8. The molecule has 6 nitrogen and oxygen atoms in total. The zero-order valence-corrected chi connectivity index (χ0v) is 18.6. The summed E-state index contributed by atoms with van der Waals surface area (Å²) in [5.74, 6) is 0.227. The average Bonchev–Trinajstić information content (AvgIpc) is 2.82. The topological polar surface area (TPSA) is 76.7 Å². The number of nitrogens with one attached hydrogen (secondary N) is 2. The van der Waals surface area contributed by atoms with Crippen molar-refractivity contribution in [2.45, 2.75) is 33.1 Å². The van der Waals surface area contributed by atoms with Crippen LogP contribution in [0.1, 0.15) is 35.2 Å². The first-order chi connectivity index (χ1) is 16.0. The Hall–Kier alpha value is -4.06. The monoisotopic (exact) mass is 442 g/mol. The van der Waals surface area contributed by atoms with Crippen LogP contribution >= 0.6 is 0 Å². The minimum Gasteiger partial charge on any atom is -0.489 e. The summed E-state index contributed by atoms with van der Waals surface area (Å²) in [5, 5.41) is 5.49. The molecule has 1 heterocycles. The van der Waals surface area contributed by atoms with E-state index in [1.807, 2.05) is 72.8 Å². The van der Waals surface area contributed by atoms with Crippen LogP contribution < -0.4 is 15.4 Å². The minimum absolute atomic E-state index is 0.156. The molecule has 2 amide bonds. The Morgan fingerprint density at radius 1 is 0.879 bits per heavy atom. The maximum Gasteiger partial charge on any atom is 0.338 e. The SMILES string of the molecule is CC1=C(C(=O)OCc2ccccc2)C(c2ccc(OCc3ccccc3C)cc2)NC(=O)N1. The molecule has 0 radical (unpaired) electrons. The molecule has 4 rings (SSSR count). The largest absolute Gasteiger partial charge is 0.489 e. The number of allylic oxidation sites excluding steroid dienone is 1. The van der Waals surface area contributed by atoms with Crippen molar-refractivity contribution in [1.82, 2.24) is 10.6 Å². The number of rotatable bonds is 7. The van der Waals surface area contributed by atoms with Crippen molar-refractivity contribution in [3.8, 4) is 5.75 Å². The van der Waals surface area contributed by atoms with Gasteiger partial charge in [-0.15, -0.1) is 0 Å². The van der Waals surface area contributed by atoms with Crippen molar-refractivity contribution < 1.29 is 19.1 Å². The first-order valence-corrected chi connectivity index (χ1v) is 10.8. The van der Waals surface area contributed by atoms with Gasteiger partial charge in [0, 0.05) is 5.70 Å². The highest BCUT2D eigenvalue weighted by atomic mass is 16.5. The molecule has 1 aliphatic rings. The third-order valence-electron chi connectivity index (χ3n) is 5.57. The number of esters is 1. The van der Waals surface area contributed by atoms with Gasteiger partial charge in [-0.25, -0.2) is 9.59 Å². The smallest absolute Gasteiger partial charge is 0.338 e. The lowest BCUT2D eigenvalue weighted by Gasteiger charge is -2.28. The maximum atomic E-state index is 12.9. The summed E-state index contributed by atoms with van der Waals surface area (Å²) in [7, 11) is 0. The Kier molecular flexibility index (Phi) is 6.74. The molecule has 0 saturated heterocycles. The molecule has 168 valence electrons. The number of aryl methyl sites for hydroxylation is 1. The van der Waals surface area contributed by atoms with E-state index < -0.39 is 12.0 Å². The van der Waals surface area contributed by atoms with Crippen LogP contribution in [0.2, 0.25) is 0 Å². The highest BCUT2D eigenvalue weighted by Crippen LogP contribution is 2.29. The molecule has 0 fully saturated rings. The van der Waals surface area contributed by atoms with E-state index in [0.29, 0.717) is 23.6 Å². The zero-order chi connectivity index (χ0) is 23.2. The van der Waals surface area contributed by atoms with Gasteiger partial charge in [0.2, 0.25) is 0 Å². The van der Waals surface area contributed by atoms with Crippen molar-refractivity contribution in [2.24, 2.45) is 0 Å². The quantitative estimate of drug-likeness (QED) is 0.508. The van der Waals surface area contributed by atoms with Gasteiger partial charge in [-0.2, -0.15) is 0 Å². The number of carbonyl (C=O) groups excluding carboxylic acids is 2. The van der Waals surface area contributed by atoms with E-state index in [9.17, 15) is 9.59 Å². The summed E-state index contributed by atoms with van der Waals surface area (Å²) in [6.45, 7) is 4.37. The zero-order valence-electron chi connectivity index (χ0n) is 18.6. The number of amides is 2. The van der Waals surface area contributed by atoms with Crippen LogP contribution in [0.4, 0.5) is 4.79 Å². The van der Waals surface area contributed by atoms with Crippen molar-refractivity contribution in [3.63, 3.8) is 0 Å². The predicted molar refractivity (Wildman–Crippen MR) is 125 cm³/mol. The number of hydrogen-bond acceptors (Lipinski definition) is 4. The standard InChI is InChI=1S/C27H26N2O4/c1-18-8-6-7-11-22(18)17-32-23-14-12-21(13-15-23)25-24(19(2)28-27(31)29-25)26(30)33-16-20-9-4-3-5-10-20/h3-15,25H,16-17H2,1-2H3,(H2,28,29,31). The Morgan fingerprint density at radius 2 is 1.58 bits per heavy atom. The second-order valence-electron chi connectivity index (χ2n) is 7.92. The van der Waals surface area contributed by atoms with Crippen LogP contribution in [-0.4, -0.2) is 12.0 Å². The van der Waals surface area contributed by atoms with Crippen molar-refractivity contribution in [2.75, 3.05) is 0 Å². The van der Waals surface area contributed by atoms with Crippen LogP contribution in [0.3, 0.4) is 0 Å². The molecule has 0 spiro atoms. The second-order valence-corrected chi connectivity index (χ2v) is 7.92. The van der Waals surface area contributed by atoms with Gasteiger partial charge in [0.05, 0.1) is 11.6 Å². The van der Waals surface area contributed by atoms with Crippen LogP contribution in [-0.2, 0) is 22.7 Å². The fraction of sp³-hybridized carbons (Fsp3) is 0.185. The summed E-state index contributed by atoms with van der Waals surface area (Å²) in [6, 6.07) is 23.9. The number of ether oxygens (including phenoxy) is 2. The third-order valence-corrected chi connectivity index (χ3v) is 5.57. The summed E-state index contributed by atoms with van der Waals surface area (Å²) >= 11 is 0. The lowest BCUT2D eigenvalue weighted by molar-refractivity contribution is -0.140. The third kappa shape index (κ3) is 5.41. The molecule has 3 aromatic rings. The van der Waals surface area contributed by atoms with E-state index in [4.69, 9.17) is 9.47 Å². The van der Waals surface area contributed by atoms with Gasteiger partial charge in [-0.1, -0.05) is 66.7 Å². The van der Waals surface area contributed by atoms with Crippen molar-refractivity contribution in [3.05, 3.63) is 112 Å². The highest BCUT2D eigenvalue weighted by molar-refractivity contribution is 5.95. The van der Waals surface area contributed by atoms with Gasteiger partial charge in [0.15, 0.2) is 0 Å². The predicted octanol–water partition coefficient (Wildman–Crippen LogP) is 4.95. The number of urea groups is 1. The fourth-order valence-corrected chi connectivity index (χ4v) is 3.70. The first kappa shape index (κ1) is 22.1. The van der Waals surface area contributed by atoms with Crippen LogP contribution in [0.25, 0.3) is 0 Å². The van der Waals surface area contributed by atoms with E-state index in [1.165, 1.54) is 5.56 Å². The normalized spacial score (nSPS) is 15.5. The minimum atomic E-state index is -0.618. The van der Waals surface area contributed by atoms with Gasteiger partial charge in [-0.05, 0) is 48.2 Å². The molecule has 1 aliphatic heterocycles. The van der Waals surface area contributed by atoms with Gasteiger partial charge < -0.3 is 20.1 Å². The Morgan fingerprint density at radius 3 is 2.30 bits per heavy atom. The van der Waals surface area contributed by atoms with Gasteiger partial charge in [-0.3, -0.25) is 0 Å². The second kappa shape index (κ2) is 10.0. The molecule has 1 atom stereocenters. The molecular formula is C27H26N2O4. The Labute approximate surface area is 193 Å². The molecule has 6 heteroatoms. The number of hydrogen-bond donors (Lipinski definition) is 2. The van der Waals surface area contributed by atoms with E-state index in [-0.39, 0.29) is 12.6 Å². The van der Waals surface area contributed by atoms with E-state index in [1.54, 1.807) is 6.92 Å². The van der Waals surface area contributed by atoms with Gasteiger partial charge >= 0.3 is 12.0 Å². The molecule has 0 aromatic heterocycles. The Bertz CT molecular complexity index is 1170. The number of benzene rings is 3. The van der Waals surface area contributed by atoms with E-state index in [0.717, 1.165) is 16.7 Å². The molecule has 33 heavy (non-hydrogen) atoms. The van der Waals surface area contributed by atoms with Crippen LogP contribution in [0, 0.1) is 6.92 Å². The average molecular weight is 443 g/mol. The summed E-state index contributed by atoms with van der Waals surface area (Å²) in [5.41, 5.74) is 4.79. The fourth-order valence-electron chi connectivity index (χ4n) is 3.70. The molecule has 3 aromatic carbocycles. The molecule has 1 unspecified atom stereocenters. The maximum absolute atomic E-state index is 12.9. The molecule has 2 N–H and O–H groups in total. The lowest BCUT2D eigenvalue weighted by atomic mass is 9.95. The van der Waals surface area contributed by atoms with Gasteiger partial charge in [0.1, 0.15) is 19.0 Å². The van der Waals surface area contributed by atoms with Crippen LogP contribution in [0.15, 0.2) is 90.1 Å². The molecule has 0 aliphatic carbocycles.